The summed E-state index contributed by atoms with van der Waals surface area (Å²) in [6.07, 6.45) is 2.00. The molecule has 0 aliphatic carbocycles. The molecule has 0 spiro atoms. The van der Waals surface area contributed by atoms with Crippen LogP contribution in [0.2, 0.25) is 0 Å². The number of nitrogens with zero attached hydrogens (tertiary/aromatic N) is 3. The van der Waals surface area contributed by atoms with Crippen molar-refractivity contribution in [1.29, 1.82) is 0 Å². The Morgan fingerprint density at radius 2 is 2.00 bits per heavy atom. The predicted molar refractivity (Wildman–Crippen MR) is 125 cm³/mol. The van der Waals surface area contributed by atoms with Crippen molar-refractivity contribution in [2.45, 2.75) is 35.9 Å². The lowest BCUT2D eigenvalue weighted by Crippen LogP contribution is -2.30. The van der Waals surface area contributed by atoms with E-state index in [4.69, 9.17) is 4.98 Å². The number of amides is 1. The molecule has 152 valence electrons. The van der Waals surface area contributed by atoms with E-state index in [2.05, 4.69) is 28.6 Å². The fraction of sp³-hybridized carbons (Fsp3) is 0.261. The van der Waals surface area contributed by atoms with Crippen molar-refractivity contribution in [3.63, 3.8) is 0 Å². The summed E-state index contributed by atoms with van der Waals surface area (Å²) in [5, 5.41) is 3.12. The second-order valence-corrected chi connectivity index (χ2v) is 10.6. The molecule has 30 heavy (non-hydrogen) atoms. The maximum atomic E-state index is 13.2. The number of hydrogen-bond donors (Lipinski definition) is 0. The molecule has 1 unspecified atom stereocenters. The zero-order chi connectivity index (χ0) is 20.5. The van der Waals surface area contributed by atoms with E-state index >= 15 is 0 Å². The Bertz CT molecular complexity index is 1150. The summed E-state index contributed by atoms with van der Waals surface area (Å²) in [6.45, 7) is 2.81. The molecule has 4 aromatic rings. The summed E-state index contributed by atoms with van der Waals surface area (Å²) in [5.74, 6) is 0.964. The number of rotatable bonds is 5. The van der Waals surface area contributed by atoms with Crippen LogP contribution in [0.15, 0.2) is 58.3 Å². The second kappa shape index (κ2) is 8.49. The van der Waals surface area contributed by atoms with Gasteiger partial charge in [0.1, 0.15) is 9.35 Å². The third-order valence-electron chi connectivity index (χ3n) is 5.27. The molecule has 2 aromatic carbocycles. The molecule has 7 heteroatoms. The molecule has 1 atom stereocenters. The number of thiazole rings is 2. The summed E-state index contributed by atoms with van der Waals surface area (Å²) in [7, 11) is 0. The molecule has 1 amide bonds. The Morgan fingerprint density at radius 3 is 2.77 bits per heavy atom. The highest BCUT2D eigenvalue weighted by molar-refractivity contribution is 8.00. The molecule has 3 heterocycles. The van der Waals surface area contributed by atoms with E-state index in [1.807, 2.05) is 42.2 Å². The molecular weight excluding hydrogens is 430 g/mol. The van der Waals surface area contributed by atoms with Crippen molar-refractivity contribution in [2.24, 2.45) is 0 Å². The number of likely N-dealkylation sites (tertiary alicyclic amines) is 1. The minimum Gasteiger partial charge on any atom is -0.329 e. The monoisotopic (exact) mass is 451 g/mol. The van der Waals surface area contributed by atoms with Gasteiger partial charge in [-0.25, -0.2) is 9.97 Å². The fourth-order valence-corrected chi connectivity index (χ4v) is 6.67. The van der Waals surface area contributed by atoms with E-state index in [1.54, 1.807) is 34.4 Å². The van der Waals surface area contributed by atoms with E-state index < -0.39 is 0 Å². The first-order chi connectivity index (χ1) is 14.7. The van der Waals surface area contributed by atoms with Crippen LogP contribution < -0.4 is 0 Å². The van der Waals surface area contributed by atoms with Gasteiger partial charge in [0.25, 0.3) is 5.91 Å². The maximum absolute atomic E-state index is 13.2. The van der Waals surface area contributed by atoms with Crippen molar-refractivity contribution in [3.05, 3.63) is 75.7 Å². The SMILES string of the molecule is Cc1csc(SCc2ccc(C(=O)N3CCCC3c3nc4ccccc4s3)cc2)n1. The van der Waals surface area contributed by atoms with Crippen molar-refractivity contribution < 1.29 is 4.79 Å². The Balaban J connectivity index is 1.29. The highest BCUT2D eigenvalue weighted by Crippen LogP contribution is 2.37. The van der Waals surface area contributed by atoms with E-state index in [9.17, 15) is 4.79 Å². The van der Waals surface area contributed by atoms with Crippen LogP contribution in [-0.4, -0.2) is 27.3 Å². The van der Waals surface area contributed by atoms with Crippen LogP contribution in [0.4, 0.5) is 0 Å². The molecule has 0 saturated carbocycles. The average Bonchev–Trinajstić information content (AvgIpc) is 3.50. The van der Waals surface area contributed by atoms with Crippen LogP contribution in [0.1, 0.15) is 45.5 Å². The van der Waals surface area contributed by atoms with Crippen molar-refractivity contribution >= 4 is 50.6 Å². The minimum absolute atomic E-state index is 0.0817. The molecule has 1 aliphatic heterocycles. The van der Waals surface area contributed by atoms with Gasteiger partial charge in [0.05, 0.1) is 16.3 Å². The molecule has 4 nitrogen and oxygen atoms in total. The molecule has 1 saturated heterocycles. The number of carbonyl (C=O) groups is 1. The van der Waals surface area contributed by atoms with E-state index in [-0.39, 0.29) is 11.9 Å². The maximum Gasteiger partial charge on any atom is 0.254 e. The van der Waals surface area contributed by atoms with Gasteiger partial charge in [0.2, 0.25) is 0 Å². The topological polar surface area (TPSA) is 46.1 Å². The molecule has 1 fully saturated rings. The molecule has 0 bridgehead atoms. The van der Waals surface area contributed by atoms with Gasteiger partial charge in [-0.3, -0.25) is 4.79 Å². The number of hydrogen-bond acceptors (Lipinski definition) is 6. The van der Waals surface area contributed by atoms with Crippen LogP contribution in [0.5, 0.6) is 0 Å². The first-order valence-electron chi connectivity index (χ1n) is 9.98. The minimum atomic E-state index is 0.0817. The van der Waals surface area contributed by atoms with Crippen molar-refractivity contribution in [2.75, 3.05) is 6.54 Å². The number of aryl methyl sites for hydroxylation is 1. The van der Waals surface area contributed by atoms with Crippen LogP contribution in [0.25, 0.3) is 10.2 Å². The first kappa shape index (κ1) is 19.7. The van der Waals surface area contributed by atoms with E-state index in [0.717, 1.165) is 51.3 Å². The van der Waals surface area contributed by atoms with Crippen LogP contribution >= 0.6 is 34.4 Å². The lowest BCUT2D eigenvalue weighted by molar-refractivity contribution is 0.0735. The lowest BCUT2D eigenvalue weighted by Gasteiger charge is -2.23. The Morgan fingerprint density at radius 1 is 1.17 bits per heavy atom. The van der Waals surface area contributed by atoms with Gasteiger partial charge in [-0.05, 0) is 49.6 Å². The second-order valence-electron chi connectivity index (χ2n) is 7.42. The van der Waals surface area contributed by atoms with Gasteiger partial charge in [0.15, 0.2) is 0 Å². The average molecular weight is 452 g/mol. The van der Waals surface area contributed by atoms with Crippen molar-refractivity contribution in [1.82, 2.24) is 14.9 Å². The lowest BCUT2D eigenvalue weighted by atomic mass is 10.1. The Labute approximate surface area is 188 Å². The third kappa shape index (κ3) is 4.02. The summed E-state index contributed by atoms with van der Waals surface area (Å²) in [6, 6.07) is 16.3. The quantitative estimate of drug-likeness (QED) is 0.333. The van der Waals surface area contributed by atoms with Gasteiger partial charge < -0.3 is 4.90 Å². The van der Waals surface area contributed by atoms with E-state index in [1.165, 1.54) is 10.3 Å². The fourth-order valence-electron chi connectivity index (χ4n) is 3.75. The molecular formula is C23H21N3OS3. The molecule has 2 aromatic heterocycles. The third-order valence-corrected chi connectivity index (χ3v) is 8.62. The predicted octanol–water partition coefficient (Wildman–Crippen LogP) is 6.33. The smallest absolute Gasteiger partial charge is 0.254 e. The van der Waals surface area contributed by atoms with Gasteiger partial charge in [-0.1, -0.05) is 36.0 Å². The standard InChI is InChI=1S/C23H21N3OS3/c1-15-13-28-23(24-15)29-14-16-8-10-17(11-9-16)22(27)26-12-4-6-19(26)21-25-18-5-2-3-7-20(18)30-21/h2-3,5,7-11,13,19H,4,6,12,14H2,1H3. The van der Waals surface area contributed by atoms with Gasteiger partial charge in [-0.2, -0.15) is 0 Å². The molecule has 0 radical (unpaired) electrons. The number of thioether (sulfide) groups is 1. The number of fused-ring (bicyclic) bond motifs is 1. The summed E-state index contributed by atoms with van der Waals surface area (Å²) >= 11 is 5.12. The molecule has 1 aliphatic rings. The van der Waals surface area contributed by atoms with Gasteiger partial charge in [0, 0.05) is 28.9 Å². The zero-order valence-corrected chi connectivity index (χ0v) is 19.0. The number of aromatic nitrogens is 2. The summed E-state index contributed by atoms with van der Waals surface area (Å²) in [4.78, 5) is 24.5. The van der Waals surface area contributed by atoms with Gasteiger partial charge in [-0.15, -0.1) is 22.7 Å². The van der Waals surface area contributed by atoms with Crippen LogP contribution in [-0.2, 0) is 5.75 Å². The number of benzene rings is 2. The van der Waals surface area contributed by atoms with E-state index in [0.29, 0.717) is 0 Å². The summed E-state index contributed by atoms with van der Waals surface area (Å²) < 4.78 is 2.27. The Kier molecular flexibility index (Phi) is 5.58. The highest BCUT2D eigenvalue weighted by atomic mass is 32.2. The zero-order valence-electron chi connectivity index (χ0n) is 16.6. The first-order valence-corrected chi connectivity index (χ1v) is 12.7. The summed E-state index contributed by atoms with van der Waals surface area (Å²) in [5.41, 5.74) is 4.04. The Hall–Kier alpha value is -2.22. The van der Waals surface area contributed by atoms with Gasteiger partial charge >= 0.3 is 0 Å². The largest absolute Gasteiger partial charge is 0.329 e. The number of carbonyl (C=O) groups excluding carboxylic acids is 1. The molecule has 5 rings (SSSR count). The van der Waals surface area contributed by atoms with Crippen molar-refractivity contribution in [3.8, 4) is 0 Å². The normalized spacial score (nSPS) is 16.4. The molecule has 0 N–H and O–H groups in total. The van der Waals surface area contributed by atoms with Crippen LogP contribution in [0.3, 0.4) is 0 Å². The number of para-hydroxylation sites is 1. The highest BCUT2D eigenvalue weighted by Gasteiger charge is 2.32. The van der Waals surface area contributed by atoms with Crippen LogP contribution in [0, 0.1) is 6.92 Å².